The molecule has 0 aromatic heterocycles. The SMILES string of the molecule is CN1NN=C(N(Cc2ccccc2)Cc2cc(C(F)(F)F)cc(C(F)(F)F)c2)N1C(F)(F)F. The van der Waals surface area contributed by atoms with Crippen molar-refractivity contribution in [3.63, 3.8) is 0 Å². The highest BCUT2D eigenvalue weighted by Crippen LogP contribution is 2.37. The summed E-state index contributed by atoms with van der Waals surface area (Å²) >= 11 is 0. The van der Waals surface area contributed by atoms with Crippen LogP contribution in [0.3, 0.4) is 0 Å². The second kappa shape index (κ2) is 8.65. The molecule has 1 heterocycles. The van der Waals surface area contributed by atoms with Crippen LogP contribution < -0.4 is 5.53 Å². The third-order valence-electron chi connectivity index (χ3n) is 4.54. The van der Waals surface area contributed by atoms with E-state index >= 15 is 0 Å². The van der Waals surface area contributed by atoms with Crippen molar-refractivity contribution in [1.29, 1.82) is 0 Å². The Morgan fingerprint density at radius 2 is 1.30 bits per heavy atom. The van der Waals surface area contributed by atoms with Crippen LogP contribution in [0.2, 0.25) is 0 Å². The second-order valence-corrected chi connectivity index (χ2v) is 7.07. The van der Waals surface area contributed by atoms with Crippen molar-refractivity contribution in [2.24, 2.45) is 5.10 Å². The van der Waals surface area contributed by atoms with Gasteiger partial charge in [-0.15, -0.1) is 23.4 Å². The van der Waals surface area contributed by atoms with Gasteiger partial charge in [0.25, 0.3) is 0 Å². The van der Waals surface area contributed by atoms with E-state index in [9.17, 15) is 39.5 Å². The predicted molar refractivity (Wildman–Crippen MR) is 98.4 cm³/mol. The van der Waals surface area contributed by atoms with Crippen LogP contribution in [0.25, 0.3) is 0 Å². The highest BCUT2D eigenvalue weighted by molar-refractivity contribution is 5.80. The summed E-state index contributed by atoms with van der Waals surface area (Å²) in [5, 5.41) is 3.85. The maximum atomic E-state index is 13.6. The van der Waals surface area contributed by atoms with Gasteiger partial charge in [-0.2, -0.15) is 31.4 Å². The standard InChI is InChI=1S/C19H16F9N5/c1-31-30-29-16(33(31)19(26,27)28)32(10-12-5-3-2-4-6-12)11-13-7-14(17(20,21)22)9-15(8-13)18(23,24)25/h2-9,30H,10-11H2,1H3. The van der Waals surface area contributed by atoms with Crippen molar-refractivity contribution in [3.05, 3.63) is 70.8 Å². The van der Waals surface area contributed by atoms with E-state index in [2.05, 4.69) is 10.6 Å². The molecular formula is C19H16F9N5. The number of benzene rings is 2. The van der Waals surface area contributed by atoms with Crippen molar-refractivity contribution in [1.82, 2.24) is 20.6 Å². The average Bonchev–Trinajstić information content (AvgIpc) is 3.08. The molecule has 0 radical (unpaired) electrons. The Hall–Kier alpha value is -3.16. The smallest absolute Gasteiger partial charge is 0.331 e. The van der Waals surface area contributed by atoms with Gasteiger partial charge >= 0.3 is 18.7 Å². The van der Waals surface area contributed by atoms with E-state index in [0.29, 0.717) is 22.8 Å². The summed E-state index contributed by atoms with van der Waals surface area (Å²) in [5.41, 5.74) is -1.09. The molecule has 0 fully saturated rings. The molecular weight excluding hydrogens is 469 g/mol. The fourth-order valence-electron chi connectivity index (χ4n) is 3.16. The summed E-state index contributed by atoms with van der Waals surface area (Å²) in [4.78, 5) is 0.926. The molecule has 5 nitrogen and oxygen atoms in total. The molecule has 0 saturated heterocycles. The Labute approximate surface area is 181 Å². The molecule has 0 saturated carbocycles. The van der Waals surface area contributed by atoms with Crippen LogP contribution in [-0.4, -0.2) is 34.3 Å². The van der Waals surface area contributed by atoms with E-state index in [-0.39, 0.29) is 17.6 Å². The Balaban J connectivity index is 2.05. The molecule has 14 heteroatoms. The molecule has 0 atom stereocenters. The Morgan fingerprint density at radius 3 is 1.79 bits per heavy atom. The molecule has 1 aliphatic rings. The zero-order valence-corrected chi connectivity index (χ0v) is 16.7. The minimum Gasteiger partial charge on any atom is -0.331 e. The monoisotopic (exact) mass is 485 g/mol. The number of hydrogen-bond acceptors (Lipinski definition) is 5. The molecule has 180 valence electrons. The maximum absolute atomic E-state index is 13.6. The van der Waals surface area contributed by atoms with Gasteiger partial charge in [0, 0.05) is 20.1 Å². The van der Waals surface area contributed by atoms with Crippen molar-refractivity contribution in [3.8, 4) is 0 Å². The van der Waals surface area contributed by atoms with Gasteiger partial charge in [-0.25, -0.2) is 5.53 Å². The van der Waals surface area contributed by atoms with E-state index in [1.807, 2.05) is 0 Å². The number of rotatable bonds is 4. The van der Waals surface area contributed by atoms with Gasteiger partial charge in [0.15, 0.2) is 0 Å². The summed E-state index contributed by atoms with van der Waals surface area (Å²) in [6.07, 6.45) is -15.2. The molecule has 1 N–H and O–H groups in total. The molecule has 0 bridgehead atoms. The first-order valence-electron chi connectivity index (χ1n) is 9.17. The van der Waals surface area contributed by atoms with Crippen molar-refractivity contribution >= 4 is 5.96 Å². The average molecular weight is 485 g/mol. The zero-order chi connectivity index (χ0) is 24.6. The van der Waals surface area contributed by atoms with E-state index < -0.39 is 47.8 Å². The van der Waals surface area contributed by atoms with Gasteiger partial charge < -0.3 is 4.90 Å². The van der Waals surface area contributed by atoms with Crippen molar-refractivity contribution < 1.29 is 39.5 Å². The minimum atomic E-state index is -5.09. The van der Waals surface area contributed by atoms with Gasteiger partial charge in [-0.1, -0.05) is 30.3 Å². The lowest BCUT2D eigenvalue weighted by Crippen LogP contribution is -2.55. The maximum Gasteiger partial charge on any atom is 0.503 e. The Bertz CT molecular complexity index is 967. The summed E-state index contributed by atoms with van der Waals surface area (Å²) in [7, 11) is 0.997. The van der Waals surface area contributed by atoms with Gasteiger partial charge in [0.2, 0.25) is 5.96 Å². The van der Waals surface area contributed by atoms with Crippen LogP contribution in [0.4, 0.5) is 39.5 Å². The highest BCUT2D eigenvalue weighted by atomic mass is 19.4. The number of alkyl halides is 9. The normalized spacial score (nSPS) is 15.5. The van der Waals surface area contributed by atoms with E-state index in [0.717, 1.165) is 11.9 Å². The van der Waals surface area contributed by atoms with E-state index in [1.54, 1.807) is 30.3 Å². The van der Waals surface area contributed by atoms with Crippen LogP contribution in [0, 0.1) is 0 Å². The minimum absolute atomic E-state index is 0.0462. The Morgan fingerprint density at radius 1 is 0.788 bits per heavy atom. The Kier molecular flexibility index (Phi) is 6.42. The second-order valence-electron chi connectivity index (χ2n) is 7.07. The van der Waals surface area contributed by atoms with Crippen molar-refractivity contribution in [2.45, 2.75) is 31.7 Å². The summed E-state index contributed by atoms with van der Waals surface area (Å²) < 4.78 is 120. The van der Waals surface area contributed by atoms with Crippen LogP contribution in [0.15, 0.2) is 53.6 Å². The third kappa shape index (κ3) is 5.80. The van der Waals surface area contributed by atoms with Gasteiger partial charge in [0.05, 0.1) is 11.1 Å². The summed E-state index contributed by atoms with van der Waals surface area (Å²) in [6, 6.07) is 8.80. The third-order valence-corrected chi connectivity index (χ3v) is 4.54. The molecule has 2 aromatic carbocycles. The van der Waals surface area contributed by atoms with Crippen molar-refractivity contribution in [2.75, 3.05) is 7.05 Å². The molecule has 0 spiro atoms. The first-order valence-corrected chi connectivity index (χ1v) is 9.17. The largest absolute Gasteiger partial charge is 0.503 e. The highest BCUT2D eigenvalue weighted by Gasteiger charge is 2.47. The van der Waals surface area contributed by atoms with E-state index in [4.69, 9.17) is 0 Å². The summed E-state index contributed by atoms with van der Waals surface area (Å²) in [6.45, 7) is -0.998. The lowest BCUT2D eigenvalue weighted by molar-refractivity contribution is -0.280. The van der Waals surface area contributed by atoms with Gasteiger partial charge in [-0.3, -0.25) is 0 Å². The lowest BCUT2D eigenvalue weighted by atomic mass is 10.0. The van der Waals surface area contributed by atoms with Crippen LogP contribution >= 0.6 is 0 Å². The molecule has 0 unspecified atom stereocenters. The molecule has 0 aliphatic carbocycles. The number of hydrazone groups is 1. The number of hydrogen-bond donors (Lipinski definition) is 1. The molecule has 33 heavy (non-hydrogen) atoms. The van der Waals surface area contributed by atoms with Crippen LogP contribution in [-0.2, 0) is 25.4 Å². The molecule has 3 rings (SSSR count). The number of halogens is 9. The molecule has 0 amide bonds. The van der Waals surface area contributed by atoms with Crippen LogP contribution in [0.5, 0.6) is 0 Å². The molecule has 2 aromatic rings. The number of nitrogens with one attached hydrogen (secondary N) is 1. The predicted octanol–water partition coefficient (Wildman–Crippen LogP) is 5.18. The first kappa shape index (κ1) is 24.5. The topological polar surface area (TPSA) is 34.1 Å². The number of hydrazine groups is 2. The zero-order valence-electron chi connectivity index (χ0n) is 16.7. The first-order chi connectivity index (χ1) is 15.2. The van der Waals surface area contributed by atoms with Gasteiger partial charge in [0.1, 0.15) is 0 Å². The summed E-state index contributed by atoms with van der Waals surface area (Å²) in [5.74, 6) is -0.750. The van der Waals surface area contributed by atoms with Gasteiger partial charge in [-0.05, 0) is 29.3 Å². The fraction of sp³-hybridized carbons (Fsp3) is 0.316. The lowest BCUT2D eigenvalue weighted by Gasteiger charge is -2.33. The number of nitrogens with zero attached hydrogens (tertiary/aromatic N) is 4. The number of guanidine groups is 1. The molecule has 1 aliphatic heterocycles. The van der Waals surface area contributed by atoms with E-state index in [1.165, 1.54) is 0 Å². The quantitative estimate of drug-likeness (QED) is 0.478. The fourth-order valence-corrected chi connectivity index (χ4v) is 3.16. The van der Waals surface area contributed by atoms with Crippen LogP contribution in [0.1, 0.15) is 22.3 Å².